The van der Waals surface area contributed by atoms with E-state index in [0.29, 0.717) is 0 Å². The zero-order valence-electron chi connectivity index (χ0n) is 5.82. The molecule has 1 nitrogen and oxygen atoms in total. The largest absolute Gasteiger partial charge is 0.314 e. The molecule has 0 aliphatic rings. The number of nitrogens with one attached hydrogen (secondary N) is 1. The lowest BCUT2D eigenvalue weighted by atomic mass is 10.4. The maximum atomic E-state index is 5.66. The third kappa shape index (κ3) is 8.54. The summed E-state index contributed by atoms with van der Waals surface area (Å²) in [7, 11) is 0. The first-order valence-corrected chi connectivity index (χ1v) is 3.99. The topological polar surface area (TPSA) is 12.0 Å². The van der Waals surface area contributed by atoms with Crippen LogP contribution in [0, 0.1) is 0 Å². The number of hydrogen-bond donors (Lipinski definition) is 1. The van der Waals surface area contributed by atoms with Crippen molar-refractivity contribution in [2.24, 2.45) is 0 Å². The molecule has 0 heterocycles. The standard InChI is InChI=1S/C6H13Cl2N/c1-5(7)3-9-4-6(2)8/h5-6,9H,3-4H2,1-2H3/t5-,6-/m0/s1. The van der Waals surface area contributed by atoms with Crippen molar-refractivity contribution in [1.29, 1.82) is 0 Å². The molecule has 0 aromatic carbocycles. The molecule has 2 atom stereocenters. The van der Waals surface area contributed by atoms with Crippen molar-refractivity contribution < 1.29 is 0 Å². The minimum atomic E-state index is 0.195. The lowest BCUT2D eigenvalue weighted by Crippen LogP contribution is -2.26. The van der Waals surface area contributed by atoms with Gasteiger partial charge in [-0.15, -0.1) is 23.2 Å². The average Bonchev–Trinajstić information content (AvgIpc) is 1.63. The van der Waals surface area contributed by atoms with Crippen LogP contribution in [0.25, 0.3) is 0 Å². The van der Waals surface area contributed by atoms with Crippen LogP contribution in [0.3, 0.4) is 0 Å². The van der Waals surface area contributed by atoms with Crippen molar-refractivity contribution in [1.82, 2.24) is 5.32 Å². The second kappa shape index (κ2) is 5.33. The molecule has 0 bridgehead atoms. The van der Waals surface area contributed by atoms with Crippen LogP contribution in [0.2, 0.25) is 0 Å². The SMILES string of the molecule is C[C@H](Cl)CNC[C@H](C)Cl. The smallest absolute Gasteiger partial charge is 0.0432 e. The number of rotatable bonds is 4. The molecular formula is C6H13Cl2N. The molecule has 0 aromatic rings. The van der Waals surface area contributed by atoms with E-state index in [1.54, 1.807) is 0 Å². The lowest BCUT2D eigenvalue weighted by molar-refractivity contribution is 0.669. The third-order valence-electron chi connectivity index (χ3n) is 0.851. The molecule has 0 radical (unpaired) electrons. The van der Waals surface area contributed by atoms with Crippen molar-refractivity contribution in [3.8, 4) is 0 Å². The van der Waals surface area contributed by atoms with Gasteiger partial charge in [-0.3, -0.25) is 0 Å². The van der Waals surface area contributed by atoms with E-state index in [0.717, 1.165) is 13.1 Å². The summed E-state index contributed by atoms with van der Waals surface area (Å²) in [4.78, 5) is 0. The molecule has 0 spiro atoms. The average molecular weight is 170 g/mol. The van der Waals surface area contributed by atoms with Gasteiger partial charge in [0.05, 0.1) is 0 Å². The van der Waals surface area contributed by atoms with Gasteiger partial charge in [0.15, 0.2) is 0 Å². The first-order chi connectivity index (χ1) is 4.13. The first kappa shape index (κ1) is 9.54. The van der Waals surface area contributed by atoms with Crippen LogP contribution in [0.1, 0.15) is 13.8 Å². The number of hydrogen-bond acceptors (Lipinski definition) is 1. The maximum absolute atomic E-state index is 5.66. The summed E-state index contributed by atoms with van der Waals surface area (Å²) in [6, 6.07) is 0. The summed E-state index contributed by atoms with van der Waals surface area (Å²) in [5.41, 5.74) is 0. The van der Waals surface area contributed by atoms with Crippen molar-refractivity contribution in [3.05, 3.63) is 0 Å². The summed E-state index contributed by atoms with van der Waals surface area (Å²) in [6.07, 6.45) is 0. The highest BCUT2D eigenvalue weighted by Crippen LogP contribution is 1.92. The molecule has 3 heteroatoms. The highest BCUT2D eigenvalue weighted by atomic mass is 35.5. The molecule has 0 fully saturated rings. The summed E-state index contributed by atoms with van der Waals surface area (Å²) in [6.45, 7) is 5.57. The first-order valence-electron chi connectivity index (χ1n) is 3.11. The van der Waals surface area contributed by atoms with Crippen LogP contribution in [-0.4, -0.2) is 23.8 Å². The van der Waals surface area contributed by atoms with Gasteiger partial charge in [0.2, 0.25) is 0 Å². The van der Waals surface area contributed by atoms with E-state index in [9.17, 15) is 0 Å². The van der Waals surface area contributed by atoms with Gasteiger partial charge in [-0.1, -0.05) is 0 Å². The second-order valence-corrected chi connectivity index (χ2v) is 3.71. The fourth-order valence-corrected chi connectivity index (χ4v) is 0.699. The van der Waals surface area contributed by atoms with Gasteiger partial charge in [-0.05, 0) is 13.8 Å². The van der Waals surface area contributed by atoms with Gasteiger partial charge in [0.25, 0.3) is 0 Å². The van der Waals surface area contributed by atoms with Crippen molar-refractivity contribution in [3.63, 3.8) is 0 Å². The Bertz CT molecular complexity index is 56.1. The normalized spacial score (nSPS) is 17.3. The quantitative estimate of drug-likeness (QED) is 0.634. The summed E-state index contributed by atoms with van der Waals surface area (Å²) in [5, 5.41) is 3.51. The minimum Gasteiger partial charge on any atom is -0.314 e. The van der Waals surface area contributed by atoms with Crippen LogP contribution in [0.15, 0.2) is 0 Å². The minimum absolute atomic E-state index is 0.195. The molecular weight excluding hydrogens is 157 g/mol. The lowest BCUT2D eigenvalue weighted by Gasteiger charge is -2.06. The summed E-state index contributed by atoms with van der Waals surface area (Å²) in [5.74, 6) is 0. The Morgan fingerprint density at radius 1 is 1.11 bits per heavy atom. The van der Waals surface area contributed by atoms with Crippen molar-refractivity contribution in [2.75, 3.05) is 13.1 Å². The van der Waals surface area contributed by atoms with E-state index in [2.05, 4.69) is 5.32 Å². The summed E-state index contributed by atoms with van der Waals surface area (Å²) < 4.78 is 0. The molecule has 0 saturated carbocycles. The molecule has 0 amide bonds. The van der Waals surface area contributed by atoms with Crippen LogP contribution >= 0.6 is 23.2 Å². The van der Waals surface area contributed by atoms with Gasteiger partial charge in [0, 0.05) is 23.8 Å². The molecule has 0 aliphatic heterocycles. The van der Waals surface area contributed by atoms with Crippen LogP contribution in [0.4, 0.5) is 0 Å². The molecule has 9 heavy (non-hydrogen) atoms. The maximum Gasteiger partial charge on any atom is 0.0432 e. The number of halogens is 2. The van der Waals surface area contributed by atoms with Gasteiger partial charge in [-0.2, -0.15) is 0 Å². The monoisotopic (exact) mass is 169 g/mol. The Kier molecular flexibility index (Phi) is 5.65. The molecule has 0 aromatic heterocycles. The summed E-state index contributed by atoms with van der Waals surface area (Å²) >= 11 is 11.3. The predicted molar refractivity (Wildman–Crippen MR) is 43.5 cm³/mol. The van der Waals surface area contributed by atoms with Crippen LogP contribution in [0.5, 0.6) is 0 Å². The fourth-order valence-electron chi connectivity index (χ4n) is 0.481. The molecule has 56 valence electrons. The van der Waals surface area contributed by atoms with E-state index >= 15 is 0 Å². The van der Waals surface area contributed by atoms with Gasteiger partial charge in [-0.25, -0.2) is 0 Å². The van der Waals surface area contributed by atoms with E-state index in [1.807, 2.05) is 13.8 Å². The van der Waals surface area contributed by atoms with Gasteiger partial charge >= 0.3 is 0 Å². The Morgan fingerprint density at radius 2 is 1.44 bits per heavy atom. The Hall–Kier alpha value is 0.540. The molecule has 0 aliphatic carbocycles. The number of alkyl halides is 2. The molecule has 0 unspecified atom stereocenters. The third-order valence-corrected chi connectivity index (χ3v) is 1.16. The Morgan fingerprint density at radius 3 is 1.67 bits per heavy atom. The van der Waals surface area contributed by atoms with Gasteiger partial charge in [0.1, 0.15) is 0 Å². The van der Waals surface area contributed by atoms with Gasteiger partial charge < -0.3 is 5.32 Å². The zero-order valence-corrected chi connectivity index (χ0v) is 7.34. The van der Waals surface area contributed by atoms with E-state index < -0.39 is 0 Å². The predicted octanol–water partition coefficient (Wildman–Crippen LogP) is 1.83. The van der Waals surface area contributed by atoms with E-state index in [1.165, 1.54) is 0 Å². The highest BCUT2D eigenvalue weighted by molar-refractivity contribution is 6.21. The highest BCUT2D eigenvalue weighted by Gasteiger charge is 1.96. The van der Waals surface area contributed by atoms with Crippen LogP contribution < -0.4 is 5.32 Å². The fraction of sp³-hybridized carbons (Fsp3) is 1.00. The second-order valence-electron chi connectivity index (χ2n) is 2.22. The molecule has 0 rings (SSSR count). The van der Waals surface area contributed by atoms with Crippen molar-refractivity contribution in [2.45, 2.75) is 24.6 Å². The molecule has 1 N–H and O–H groups in total. The molecule has 0 saturated heterocycles. The van der Waals surface area contributed by atoms with Crippen LogP contribution in [-0.2, 0) is 0 Å². The Balaban J connectivity index is 2.91. The van der Waals surface area contributed by atoms with E-state index in [-0.39, 0.29) is 10.8 Å². The van der Waals surface area contributed by atoms with E-state index in [4.69, 9.17) is 23.2 Å². The zero-order chi connectivity index (χ0) is 7.28. The Labute approximate surface area is 66.7 Å². The van der Waals surface area contributed by atoms with Crippen molar-refractivity contribution >= 4 is 23.2 Å².